The average Bonchev–Trinajstić information content (AvgIpc) is 3.53. The Bertz CT molecular complexity index is 993. The minimum Gasteiger partial charge on any atom is -0.400 e. The Hall–Kier alpha value is -2.71. The zero-order chi connectivity index (χ0) is 23.0. The second-order valence-corrected chi connectivity index (χ2v) is 9.08. The number of imidazole rings is 1. The van der Waals surface area contributed by atoms with E-state index in [1.807, 2.05) is 6.33 Å². The summed E-state index contributed by atoms with van der Waals surface area (Å²) in [7, 11) is 1.00. The minimum absolute atomic E-state index is 0.334. The Labute approximate surface area is 196 Å². The molecule has 2 fully saturated rings. The molecule has 8 heteroatoms. The van der Waals surface area contributed by atoms with E-state index >= 15 is 0 Å². The van der Waals surface area contributed by atoms with Crippen LogP contribution in [0.5, 0.6) is 0 Å². The van der Waals surface area contributed by atoms with Gasteiger partial charge in [-0.3, -0.25) is 0 Å². The van der Waals surface area contributed by atoms with E-state index in [1.54, 1.807) is 0 Å². The third-order valence-corrected chi connectivity index (χ3v) is 6.79. The number of nitrogens with zero attached hydrogens (tertiary/aromatic N) is 4. The highest BCUT2D eigenvalue weighted by atomic mass is 16.2. The van der Waals surface area contributed by atoms with Crippen LogP contribution in [0.15, 0.2) is 36.7 Å². The van der Waals surface area contributed by atoms with Gasteiger partial charge in [0.05, 0.1) is 6.33 Å². The molecular formula is C25H37N7O. The van der Waals surface area contributed by atoms with Crippen LogP contribution in [0.2, 0.25) is 0 Å². The van der Waals surface area contributed by atoms with Gasteiger partial charge in [0.25, 0.3) is 0 Å². The number of aliphatic hydroxyl groups is 1. The second kappa shape index (κ2) is 11.4. The summed E-state index contributed by atoms with van der Waals surface area (Å²) >= 11 is 0. The van der Waals surface area contributed by atoms with Gasteiger partial charge in [0.2, 0.25) is 5.95 Å². The number of benzene rings is 1. The Morgan fingerprint density at radius 1 is 1.00 bits per heavy atom. The Morgan fingerprint density at radius 2 is 1.73 bits per heavy atom. The van der Waals surface area contributed by atoms with E-state index in [9.17, 15) is 0 Å². The van der Waals surface area contributed by atoms with E-state index in [2.05, 4.69) is 45.5 Å². The van der Waals surface area contributed by atoms with Gasteiger partial charge in [-0.15, -0.1) is 0 Å². The van der Waals surface area contributed by atoms with Crippen LogP contribution in [-0.4, -0.2) is 50.4 Å². The second-order valence-electron chi connectivity index (χ2n) is 9.08. The zero-order valence-corrected chi connectivity index (χ0v) is 19.6. The fourth-order valence-corrected chi connectivity index (χ4v) is 4.97. The summed E-state index contributed by atoms with van der Waals surface area (Å²) in [6, 6.07) is 11.8. The first kappa shape index (κ1) is 23.4. The van der Waals surface area contributed by atoms with Crippen LogP contribution in [0.3, 0.4) is 0 Å². The number of hydrogen-bond donors (Lipinski definition) is 4. The normalized spacial score (nSPS) is 20.9. The summed E-state index contributed by atoms with van der Waals surface area (Å²) in [4.78, 5) is 14.5. The van der Waals surface area contributed by atoms with Crippen LogP contribution in [0.4, 0.5) is 11.8 Å². The van der Waals surface area contributed by atoms with E-state index in [0.29, 0.717) is 24.1 Å². The van der Waals surface area contributed by atoms with E-state index < -0.39 is 0 Å². The topological polar surface area (TPSA) is 114 Å². The SMILES string of the molecule is CO.NC1CCC(Nc2nc(NCCc3ccccc3)c3ncn(C4CCCC4)c3n2)CC1. The fraction of sp³-hybridized carbons (Fsp3) is 0.560. The van der Waals surface area contributed by atoms with Crippen molar-refractivity contribution in [1.82, 2.24) is 19.5 Å². The van der Waals surface area contributed by atoms with Crippen LogP contribution in [0.25, 0.3) is 11.2 Å². The quantitative estimate of drug-likeness (QED) is 0.431. The molecule has 0 aliphatic heterocycles. The molecule has 5 rings (SSSR count). The van der Waals surface area contributed by atoms with Crippen molar-refractivity contribution >= 4 is 22.9 Å². The number of rotatable bonds is 7. The number of aliphatic hydroxyl groups excluding tert-OH is 1. The molecule has 0 bridgehead atoms. The summed E-state index contributed by atoms with van der Waals surface area (Å²) in [5.41, 5.74) is 9.22. The van der Waals surface area contributed by atoms with Crippen LogP contribution in [0.1, 0.15) is 63.0 Å². The molecule has 2 aliphatic carbocycles. The minimum atomic E-state index is 0.334. The molecule has 0 saturated heterocycles. The fourth-order valence-electron chi connectivity index (χ4n) is 4.97. The van der Waals surface area contributed by atoms with Crippen molar-refractivity contribution in [3.05, 3.63) is 42.2 Å². The monoisotopic (exact) mass is 451 g/mol. The molecule has 33 heavy (non-hydrogen) atoms. The smallest absolute Gasteiger partial charge is 0.227 e. The molecule has 3 aromatic rings. The average molecular weight is 452 g/mol. The van der Waals surface area contributed by atoms with Crippen molar-refractivity contribution in [2.75, 3.05) is 24.3 Å². The Morgan fingerprint density at radius 3 is 2.45 bits per heavy atom. The number of nitrogens with one attached hydrogen (secondary N) is 2. The Balaban J connectivity index is 0.00000126. The molecule has 1 aromatic carbocycles. The van der Waals surface area contributed by atoms with Gasteiger partial charge in [-0.2, -0.15) is 9.97 Å². The first-order valence-electron chi connectivity index (χ1n) is 12.3. The summed E-state index contributed by atoms with van der Waals surface area (Å²) in [5, 5.41) is 14.1. The van der Waals surface area contributed by atoms with Gasteiger partial charge in [-0.05, 0) is 50.5 Å². The lowest BCUT2D eigenvalue weighted by atomic mass is 9.92. The van der Waals surface area contributed by atoms with E-state index in [0.717, 1.165) is 62.7 Å². The number of hydrogen-bond acceptors (Lipinski definition) is 7. The first-order valence-corrected chi connectivity index (χ1v) is 12.3. The largest absolute Gasteiger partial charge is 0.400 e. The van der Waals surface area contributed by atoms with Crippen molar-refractivity contribution in [2.24, 2.45) is 5.73 Å². The number of anilines is 2. The van der Waals surface area contributed by atoms with Crippen LogP contribution in [-0.2, 0) is 6.42 Å². The summed E-state index contributed by atoms with van der Waals surface area (Å²) in [5.74, 6) is 1.53. The molecule has 0 atom stereocenters. The molecule has 2 heterocycles. The predicted molar refractivity (Wildman–Crippen MR) is 133 cm³/mol. The van der Waals surface area contributed by atoms with Crippen LogP contribution in [0, 0.1) is 0 Å². The van der Waals surface area contributed by atoms with E-state index in [-0.39, 0.29) is 0 Å². The molecule has 0 radical (unpaired) electrons. The summed E-state index contributed by atoms with van der Waals surface area (Å²) in [6.45, 7) is 0.810. The maximum atomic E-state index is 7.00. The van der Waals surface area contributed by atoms with Gasteiger partial charge in [0.1, 0.15) is 0 Å². The Kier molecular flexibility index (Phi) is 8.12. The highest BCUT2D eigenvalue weighted by molar-refractivity contribution is 5.84. The highest BCUT2D eigenvalue weighted by Gasteiger charge is 2.23. The maximum Gasteiger partial charge on any atom is 0.227 e. The number of fused-ring (bicyclic) bond motifs is 1. The van der Waals surface area contributed by atoms with Crippen LogP contribution < -0.4 is 16.4 Å². The third kappa shape index (κ3) is 5.81. The molecule has 2 aliphatic rings. The molecule has 2 saturated carbocycles. The lowest BCUT2D eigenvalue weighted by Gasteiger charge is -2.27. The van der Waals surface area contributed by atoms with Gasteiger partial charge >= 0.3 is 0 Å². The van der Waals surface area contributed by atoms with E-state index in [4.69, 9.17) is 25.8 Å². The molecule has 2 aromatic heterocycles. The lowest BCUT2D eigenvalue weighted by Crippen LogP contribution is -2.33. The number of aromatic nitrogens is 4. The molecule has 0 unspecified atom stereocenters. The van der Waals surface area contributed by atoms with Crippen molar-refractivity contribution in [1.29, 1.82) is 0 Å². The third-order valence-electron chi connectivity index (χ3n) is 6.79. The van der Waals surface area contributed by atoms with Gasteiger partial charge < -0.3 is 26.0 Å². The van der Waals surface area contributed by atoms with Crippen LogP contribution >= 0.6 is 0 Å². The van der Waals surface area contributed by atoms with Crippen molar-refractivity contribution in [2.45, 2.75) is 75.9 Å². The predicted octanol–water partition coefficient (Wildman–Crippen LogP) is 3.89. The zero-order valence-electron chi connectivity index (χ0n) is 19.6. The standard InChI is InChI=1S/C24H33N7.CH4O/c25-18-10-12-19(13-11-18)28-24-29-22(26-15-14-17-6-2-1-3-7-17)21-23(30-24)31(16-27-21)20-8-4-5-9-20;1-2/h1-3,6-7,16,18-20H,4-5,8-15,25H2,(H2,26,28,29,30);2H,1H3. The maximum absolute atomic E-state index is 7.00. The molecule has 0 spiro atoms. The molecule has 5 N–H and O–H groups in total. The molecule has 0 amide bonds. The van der Waals surface area contributed by atoms with Gasteiger partial charge in [0.15, 0.2) is 17.0 Å². The van der Waals surface area contributed by atoms with Gasteiger partial charge in [0, 0.05) is 31.8 Å². The van der Waals surface area contributed by atoms with Crippen molar-refractivity contribution < 1.29 is 5.11 Å². The highest BCUT2D eigenvalue weighted by Crippen LogP contribution is 2.33. The van der Waals surface area contributed by atoms with E-state index in [1.165, 1.54) is 31.2 Å². The van der Waals surface area contributed by atoms with Crippen molar-refractivity contribution in [3.8, 4) is 0 Å². The molecular weight excluding hydrogens is 414 g/mol. The molecule has 178 valence electrons. The van der Waals surface area contributed by atoms with Crippen molar-refractivity contribution in [3.63, 3.8) is 0 Å². The van der Waals surface area contributed by atoms with Gasteiger partial charge in [-0.25, -0.2) is 4.98 Å². The molecule has 8 nitrogen and oxygen atoms in total. The lowest BCUT2D eigenvalue weighted by molar-refractivity contribution is 0.399. The summed E-state index contributed by atoms with van der Waals surface area (Å²) in [6.07, 6.45) is 12.1. The first-order chi connectivity index (χ1) is 16.3. The van der Waals surface area contributed by atoms with Gasteiger partial charge in [-0.1, -0.05) is 43.2 Å². The summed E-state index contributed by atoms with van der Waals surface area (Å²) < 4.78 is 2.27. The number of nitrogens with two attached hydrogens (primary N) is 1.